The molecule has 2 aromatic carbocycles. The predicted molar refractivity (Wildman–Crippen MR) is 89.2 cm³/mol. The maximum absolute atomic E-state index is 13.1. The normalized spacial score (nSPS) is 10.8. The lowest BCUT2D eigenvalue weighted by molar-refractivity contribution is 0.408. The number of hydrogen-bond donors (Lipinski definition) is 1. The van der Waals surface area contributed by atoms with Crippen LogP contribution < -0.4 is 10.1 Å². The van der Waals surface area contributed by atoms with Gasteiger partial charge in [0.1, 0.15) is 11.6 Å². The van der Waals surface area contributed by atoms with Gasteiger partial charge in [0.05, 0.1) is 13.7 Å². The summed E-state index contributed by atoms with van der Waals surface area (Å²) in [5.74, 6) is 1.28. The van der Waals surface area contributed by atoms with Crippen LogP contribution in [0.5, 0.6) is 5.75 Å². The Morgan fingerprint density at radius 2 is 2.10 bits per heavy atom. The van der Waals surface area contributed by atoms with E-state index in [2.05, 4.69) is 27.9 Å². The molecule has 0 radical (unpaired) electrons. The minimum absolute atomic E-state index is 0.238. The summed E-state index contributed by atoms with van der Waals surface area (Å²) in [6.45, 7) is 0.527. The Morgan fingerprint density at radius 3 is 2.86 bits per heavy atom. The number of methoxy groups -OCH3 is 1. The third-order valence-corrected chi connectivity index (χ3v) is 4.06. The van der Waals surface area contributed by atoms with Crippen molar-refractivity contribution in [3.8, 4) is 5.75 Å². The van der Waals surface area contributed by atoms with E-state index in [9.17, 15) is 4.39 Å². The Hall–Kier alpha value is -1.76. The lowest BCUT2D eigenvalue weighted by Crippen LogP contribution is -2.00. The molecule has 108 valence electrons. The molecule has 0 spiro atoms. The van der Waals surface area contributed by atoms with Crippen molar-refractivity contribution in [1.82, 2.24) is 0 Å². The van der Waals surface area contributed by atoms with Crippen LogP contribution in [0.15, 0.2) is 46.9 Å². The number of ether oxygens (including phenoxy) is 1. The Kier molecular flexibility index (Phi) is 4.01. The Balaban J connectivity index is 1.82. The largest absolute Gasteiger partial charge is 0.493 e. The van der Waals surface area contributed by atoms with E-state index in [0.717, 1.165) is 31.7 Å². The highest BCUT2D eigenvalue weighted by Gasteiger charge is 2.09. The zero-order chi connectivity index (χ0) is 14.8. The lowest BCUT2D eigenvalue weighted by Gasteiger charge is -2.06. The van der Waals surface area contributed by atoms with Gasteiger partial charge in [0.15, 0.2) is 11.3 Å². The molecule has 3 nitrogen and oxygen atoms in total. The first-order chi connectivity index (χ1) is 10.2. The molecule has 0 aliphatic heterocycles. The summed E-state index contributed by atoms with van der Waals surface area (Å²) < 4.78 is 25.0. The fourth-order valence-corrected chi connectivity index (χ4v) is 2.82. The van der Waals surface area contributed by atoms with Crippen LogP contribution in [0.4, 0.5) is 10.1 Å². The summed E-state index contributed by atoms with van der Waals surface area (Å²) in [5, 5.41) is 4.25. The smallest absolute Gasteiger partial charge is 0.176 e. The van der Waals surface area contributed by atoms with E-state index < -0.39 is 0 Å². The van der Waals surface area contributed by atoms with E-state index in [4.69, 9.17) is 9.15 Å². The zero-order valence-electron chi connectivity index (χ0n) is 11.3. The summed E-state index contributed by atoms with van der Waals surface area (Å²) in [6.07, 6.45) is 0. The van der Waals surface area contributed by atoms with Crippen molar-refractivity contribution < 1.29 is 13.5 Å². The Bertz CT molecular complexity index is 785. The highest BCUT2D eigenvalue weighted by molar-refractivity contribution is 14.1. The number of furan rings is 1. The van der Waals surface area contributed by atoms with Gasteiger partial charge in [0, 0.05) is 14.6 Å². The summed E-state index contributed by atoms with van der Waals surface area (Å²) in [4.78, 5) is 0. The van der Waals surface area contributed by atoms with Gasteiger partial charge in [0.2, 0.25) is 0 Å². The van der Waals surface area contributed by atoms with Crippen LogP contribution in [-0.4, -0.2) is 7.11 Å². The van der Waals surface area contributed by atoms with Gasteiger partial charge in [-0.05, 0) is 52.9 Å². The molecular formula is C16H13FINO2. The number of fused-ring (bicyclic) bond motifs is 1. The fourth-order valence-electron chi connectivity index (χ4n) is 2.15. The number of anilines is 1. The molecule has 1 aromatic heterocycles. The molecule has 0 unspecified atom stereocenters. The number of benzene rings is 2. The second-order valence-corrected chi connectivity index (χ2v) is 5.73. The number of hydrogen-bond acceptors (Lipinski definition) is 3. The standard InChI is InChI=1S/C16H13FINO2/c1-20-15-4-2-3-10-7-12(21-16(10)15)9-19-14-6-5-11(17)8-13(14)18/h2-8,19H,9H2,1H3. The van der Waals surface area contributed by atoms with E-state index in [1.807, 2.05) is 24.3 Å². The summed E-state index contributed by atoms with van der Waals surface area (Å²) in [5.41, 5.74) is 1.62. The molecule has 1 heterocycles. The molecule has 0 saturated heterocycles. The van der Waals surface area contributed by atoms with Crippen molar-refractivity contribution in [3.63, 3.8) is 0 Å². The third kappa shape index (κ3) is 2.97. The fraction of sp³-hybridized carbons (Fsp3) is 0.125. The van der Waals surface area contributed by atoms with E-state index in [0.29, 0.717) is 6.54 Å². The van der Waals surface area contributed by atoms with Crippen LogP contribution in [0.25, 0.3) is 11.0 Å². The molecule has 0 bridgehead atoms. The predicted octanol–water partition coefficient (Wildman–Crippen LogP) is 4.80. The van der Waals surface area contributed by atoms with Crippen LogP contribution in [0, 0.1) is 9.39 Å². The molecule has 0 amide bonds. The van der Waals surface area contributed by atoms with Gasteiger partial charge in [-0.3, -0.25) is 0 Å². The number of nitrogens with one attached hydrogen (secondary N) is 1. The van der Waals surface area contributed by atoms with Gasteiger partial charge in [-0.25, -0.2) is 4.39 Å². The maximum atomic E-state index is 13.1. The quantitative estimate of drug-likeness (QED) is 0.643. The van der Waals surface area contributed by atoms with Crippen LogP contribution >= 0.6 is 22.6 Å². The highest BCUT2D eigenvalue weighted by atomic mass is 127. The van der Waals surface area contributed by atoms with Crippen molar-refractivity contribution >= 4 is 39.2 Å². The van der Waals surface area contributed by atoms with E-state index in [-0.39, 0.29) is 5.82 Å². The number of halogens is 2. The van der Waals surface area contributed by atoms with Crippen molar-refractivity contribution in [2.24, 2.45) is 0 Å². The van der Waals surface area contributed by atoms with Crippen LogP contribution in [0.1, 0.15) is 5.76 Å². The van der Waals surface area contributed by atoms with Gasteiger partial charge in [-0.15, -0.1) is 0 Å². The summed E-state index contributed by atoms with van der Waals surface area (Å²) >= 11 is 2.10. The molecule has 5 heteroatoms. The van der Waals surface area contributed by atoms with Gasteiger partial charge in [-0.2, -0.15) is 0 Å². The number of para-hydroxylation sites is 1. The number of rotatable bonds is 4. The van der Waals surface area contributed by atoms with Crippen LogP contribution in [-0.2, 0) is 6.54 Å². The molecule has 0 aliphatic rings. The molecular weight excluding hydrogens is 384 g/mol. The average Bonchev–Trinajstić information content (AvgIpc) is 2.89. The Morgan fingerprint density at radius 1 is 1.24 bits per heavy atom. The molecule has 0 aliphatic carbocycles. The van der Waals surface area contributed by atoms with Crippen molar-refractivity contribution in [1.29, 1.82) is 0 Å². The second kappa shape index (κ2) is 5.93. The summed E-state index contributed by atoms with van der Waals surface area (Å²) in [7, 11) is 1.62. The molecule has 21 heavy (non-hydrogen) atoms. The van der Waals surface area contributed by atoms with Crippen LogP contribution in [0.2, 0.25) is 0 Å². The monoisotopic (exact) mass is 397 g/mol. The average molecular weight is 397 g/mol. The third-order valence-electron chi connectivity index (χ3n) is 3.16. The molecule has 1 N–H and O–H groups in total. The van der Waals surface area contributed by atoms with E-state index in [1.54, 1.807) is 13.2 Å². The van der Waals surface area contributed by atoms with Crippen molar-refractivity contribution in [3.05, 3.63) is 57.6 Å². The zero-order valence-corrected chi connectivity index (χ0v) is 13.5. The molecule has 0 atom stereocenters. The molecule has 3 aromatic rings. The molecule has 3 rings (SSSR count). The van der Waals surface area contributed by atoms with Gasteiger partial charge in [-0.1, -0.05) is 12.1 Å². The minimum atomic E-state index is -0.238. The topological polar surface area (TPSA) is 34.4 Å². The molecule has 0 saturated carbocycles. The lowest BCUT2D eigenvalue weighted by atomic mass is 10.2. The highest BCUT2D eigenvalue weighted by Crippen LogP contribution is 2.29. The SMILES string of the molecule is COc1cccc2cc(CNc3ccc(F)cc3I)oc12. The van der Waals surface area contributed by atoms with Gasteiger partial charge in [0.25, 0.3) is 0 Å². The minimum Gasteiger partial charge on any atom is -0.493 e. The van der Waals surface area contributed by atoms with Crippen molar-refractivity contribution in [2.75, 3.05) is 12.4 Å². The first-order valence-corrected chi connectivity index (χ1v) is 7.49. The van der Waals surface area contributed by atoms with E-state index in [1.165, 1.54) is 12.1 Å². The Labute approximate surface area is 135 Å². The van der Waals surface area contributed by atoms with Gasteiger partial charge >= 0.3 is 0 Å². The van der Waals surface area contributed by atoms with Crippen molar-refractivity contribution in [2.45, 2.75) is 6.54 Å². The van der Waals surface area contributed by atoms with Crippen LogP contribution in [0.3, 0.4) is 0 Å². The first-order valence-electron chi connectivity index (χ1n) is 6.42. The second-order valence-electron chi connectivity index (χ2n) is 4.57. The first kappa shape index (κ1) is 14.2. The molecule has 0 fully saturated rings. The van der Waals surface area contributed by atoms with Gasteiger partial charge < -0.3 is 14.5 Å². The summed E-state index contributed by atoms with van der Waals surface area (Å²) in [6, 6.07) is 12.4. The maximum Gasteiger partial charge on any atom is 0.176 e. The van der Waals surface area contributed by atoms with E-state index >= 15 is 0 Å².